The van der Waals surface area contributed by atoms with Crippen LogP contribution in [0.1, 0.15) is 48.0 Å². The molecule has 0 heterocycles. The molecule has 0 unspecified atom stereocenters. The summed E-state index contributed by atoms with van der Waals surface area (Å²) in [6.07, 6.45) is 0.742. The molecule has 0 aliphatic rings. The molecule has 1 N–H and O–H groups in total. The molecule has 0 saturated carbocycles. The van der Waals surface area contributed by atoms with E-state index in [0.29, 0.717) is 58.1 Å². The third kappa shape index (κ3) is 14.7. The quantitative estimate of drug-likeness (QED) is 0.307. The molecule has 0 spiro atoms. The average Bonchev–Trinajstić information content (AvgIpc) is 2.56. The van der Waals surface area contributed by atoms with E-state index in [-0.39, 0.29) is 12.5 Å². The van der Waals surface area contributed by atoms with Gasteiger partial charge < -0.3 is 24.3 Å². The van der Waals surface area contributed by atoms with E-state index in [1.54, 1.807) is 0 Å². The van der Waals surface area contributed by atoms with Crippen LogP contribution >= 0.6 is 0 Å². The Labute approximate surface area is 166 Å². The summed E-state index contributed by atoms with van der Waals surface area (Å²) in [5.41, 5.74) is 0.305. The minimum absolute atomic E-state index is 0.00445. The lowest BCUT2D eigenvalue weighted by molar-refractivity contribution is -0.132. The zero-order valence-electron chi connectivity index (χ0n) is 18.3. The first kappa shape index (κ1) is 26.1. The van der Waals surface area contributed by atoms with Crippen LogP contribution in [0.3, 0.4) is 0 Å². The van der Waals surface area contributed by atoms with Gasteiger partial charge in [-0.15, -0.1) is 6.58 Å². The topological polar surface area (TPSA) is 66.0 Å². The Balaban J connectivity index is 4.88. The molecule has 0 aromatic rings. The fourth-order valence-corrected chi connectivity index (χ4v) is 2.25. The minimum Gasteiger partial charge on any atom is -0.379 e. The van der Waals surface area contributed by atoms with Crippen molar-refractivity contribution < 1.29 is 23.7 Å². The Hall–Kier alpha value is -0.950. The number of hydrogen-bond acceptors (Lipinski definition) is 5. The van der Waals surface area contributed by atoms with Crippen LogP contribution in [-0.2, 0) is 23.7 Å². The lowest BCUT2D eigenvalue weighted by atomic mass is 10.0. The fraction of sp³-hybridized carbons (Fsp3) is 0.857. The summed E-state index contributed by atoms with van der Waals surface area (Å²) >= 11 is 0. The Morgan fingerprint density at radius 1 is 0.963 bits per heavy atom. The van der Waals surface area contributed by atoms with Gasteiger partial charge in [0.2, 0.25) is 5.91 Å². The van der Waals surface area contributed by atoms with E-state index in [1.807, 2.05) is 13.8 Å². The third-order valence-corrected chi connectivity index (χ3v) is 3.55. The maximum absolute atomic E-state index is 12.4. The van der Waals surface area contributed by atoms with Gasteiger partial charge in [0, 0.05) is 19.8 Å². The number of carbonyl (C=O) groups excluding carboxylic acids is 1. The first-order chi connectivity index (χ1) is 12.7. The molecule has 0 aliphatic heterocycles. The first-order valence-electron chi connectivity index (χ1n) is 9.97. The van der Waals surface area contributed by atoms with Crippen molar-refractivity contribution in [1.29, 1.82) is 0 Å². The molecule has 0 aromatic carbocycles. The molecule has 0 radical (unpaired) electrons. The van der Waals surface area contributed by atoms with Crippen molar-refractivity contribution in [3.05, 3.63) is 12.2 Å². The molecule has 0 aromatic heterocycles. The standard InChI is InChI=1S/C21H41NO5/c1-8-24-14-21(15-26-11-18(4)5,16-27-12-19(6)7)22-20(23)13-25-10-9-17(2)3/h18-19H,2,8-16H2,1,3-7H3,(H,22,23). The minimum atomic E-state index is -0.728. The molecular weight excluding hydrogens is 346 g/mol. The van der Waals surface area contributed by atoms with E-state index < -0.39 is 5.54 Å². The molecule has 6 nitrogen and oxygen atoms in total. The van der Waals surface area contributed by atoms with Gasteiger partial charge in [-0.05, 0) is 32.1 Å². The second kappa shape index (κ2) is 15.0. The summed E-state index contributed by atoms with van der Waals surface area (Å²) in [7, 11) is 0. The van der Waals surface area contributed by atoms with Crippen molar-refractivity contribution in [3.63, 3.8) is 0 Å². The van der Waals surface area contributed by atoms with E-state index >= 15 is 0 Å². The molecule has 0 rings (SSSR count). The summed E-state index contributed by atoms with van der Waals surface area (Å²) in [5, 5.41) is 3.04. The number of rotatable bonds is 17. The zero-order valence-corrected chi connectivity index (χ0v) is 18.3. The lowest BCUT2D eigenvalue weighted by Crippen LogP contribution is -2.59. The molecular formula is C21H41NO5. The van der Waals surface area contributed by atoms with Gasteiger partial charge in [0.05, 0.1) is 26.4 Å². The van der Waals surface area contributed by atoms with Crippen molar-refractivity contribution in [1.82, 2.24) is 5.32 Å². The van der Waals surface area contributed by atoms with Crippen LogP contribution < -0.4 is 5.32 Å². The van der Waals surface area contributed by atoms with Crippen molar-refractivity contribution in [2.75, 3.05) is 52.9 Å². The van der Waals surface area contributed by atoms with E-state index in [4.69, 9.17) is 18.9 Å². The highest BCUT2D eigenvalue weighted by atomic mass is 16.5. The van der Waals surface area contributed by atoms with Gasteiger partial charge in [0.25, 0.3) is 0 Å². The van der Waals surface area contributed by atoms with Gasteiger partial charge in [0.1, 0.15) is 12.1 Å². The van der Waals surface area contributed by atoms with E-state index in [9.17, 15) is 4.79 Å². The first-order valence-corrected chi connectivity index (χ1v) is 9.97. The third-order valence-electron chi connectivity index (χ3n) is 3.55. The normalized spacial score (nSPS) is 12.0. The molecule has 0 fully saturated rings. The molecule has 6 heteroatoms. The van der Waals surface area contributed by atoms with Crippen LogP contribution in [0.5, 0.6) is 0 Å². The number of hydrogen-bond donors (Lipinski definition) is 1. The molecule has 0 saturated heterocycles. The Bertz CT molecular complexity index is 395. The highest BCUT2D eigenvalue weighted by molar-refractivity contribution is 5.78. The molecule has 0 atom stereocenters. The van der Waals surface area contributed by atoms with Crippen LogP contribution in [0.25, 0.3) is 0 Å². The monoisotopic (exact) mass is 387 g/mol. The summed E-state index contributed by atoms with van der Waals surface area (Å²) < 4.78 is 22.8. The van der Waals surface area contributed by atoms with Crippen molar-refractivity contribution in [2.24, 2.45) is 11.8 Å². The summed E-state index contributed by atoms with van der Waals surface area (Å²) in [4.78, 5) is 12.4. The van der Waals surface area contributed by atoms with Crippen LogP contribution in [0.15, 0.2) is 12.2 Å². The second-order valence-electron chi connectivity index (χ2n) is 8.04. The van der Waals surface area contributed by atoms with E-state index in [0.717, 1.165) is 12.0 Å². The Morgan fingerprint density at radius 2 is 1.48 bits per heavy atom. The predicted octanol–water partition coefficient (Wildman–Crippen LogP) is 3.21. The smallest absolute Gasteiger partial charge is 0.246 e. The van der Waals surface area contributed by atoms with Gasteiger partial charge in [0.15, 0.2) is 0 Å². The average molecular weight is 388 g/mol. The van der Waals surface area contributed by atoms with Crippen molar-refractivity contribution >= 4 is 5.91 Å². The number of nitrogens with one attached hydrogen (secondary N) is 1. The second-order valence-corrected chi connectivity index (χ2v) is 8.04. The maximum Gasteiger partial charge on any atom is 0.246 e. The van der Waals surface area contributed by atoms with E-state index in [1.165, 1.54) is 0 Å². The molecule has 160 valence electrons. The van der Waals surface area contributed by atoms with Gasteiger partial charge in [-0.25, -0.2) is 0 Å². The van der Waals surface area contributed by atoms with Crippen LogP contribution in [0.2, 0.25) is 0 Å². The van der Waals surface area contributed by atoms with Gasteiger partial charge in [-0.3, -0.25) is 4.79 Å². The van der Waals surface area contributed by atoms with Crippen LogP contribution in [0, 0.1) is 11.8 Å². The van der Waals surface area contributed by atoms with Crippen LogP contribution in [-0.4, -0.2) is 64.3 Å². The largest absolute Gasteiger partial charge is 0.379 e. The molecule has 0 bridgehead atoms. The summed E-state index contributed by atoms with van der Waals surface area (Å²) in [6, 6.07) is 0. The van der Waals surface area contributed by atoms with E-state index in [2.05, 4.69) is 39.6 Å². The number of carbonyl (C=O) groups is 1. The molecule has 27 heavy (non-hydrogen) atoms. The number of amides is 1. The zero-order chi connectivity index (χ0) is 20.7. The predicted molar refractivity (Wildman–Crippen MR) is 109 cm³/mol. The Morgan fingerprint density at radius 3 is 1.93 bits per heavy atom. The number of ether oxygens (including phenoxy) is 4. The lowest BCUT2D eigenvalue weighted by Gasteiger charge is -2.34. The van der Waals surface area contributed by atoms with Gasteiger partial charge in [-0.2, -0.15) is 0 Å². The highest BCUT2D eigenvalue weighted by Crippen LogP contribution is 2.11. The van der Waals surface area contributed by atoms with Crippen LogP contribution in [0.4, 0.5) is 0 Å². The highest BCUT2D eigenvalue weighted by Gasteiger charge is 2.33. The Kier molecular flexibility index (Phi) is 14.5. The summed E-state index contributed by atoms with van der Waals surface area (Å²) in [5.74, 6) is 0.623. The maximum atomic E-state index is 12.4. The summed E-state index contributed by atoms with van der Waals surface area (Å²) in [6.45, 7) is 19.3. The van der Waals surface area contributed by atoms with Crippen molar-refractivity contribution in [2.45, 2.75) is 53.5 Å². The SMILES string of the molecule is C=C(C)CCOCC(=O)NC(COCC)(COCC(C)C)COCC(C)C. The van der Waals surface area contributed by atoms with Gasteiger partial charge >= 0.3 is 0 Å². The molecule has 0 aliphatic carbocycles. The van der Waals surface area contributed by atoms with Gasteiger partial charge in [-0.1, -0.05) is 33.3 Å². The molecule has 1 amide bonds. The fourth-order valence-electron chi connectivity index (χ4n) is 2.25. The van der Waals surface area contributed by atoms with Crippen molar-refractivity contribution in [3.8, 4) is 0 Å².